The lowest BCUT2D eigenvalue weighted by Crippen LogP contribution is -2.49. The fourth-order valence-electron chi connectivity index (χ4n) is 4.19. The summed E-state index contributed by atoms with van der Waals surface area (Å²) in [5, 5.41) is 6.06. The Kier molecular flexibility index (Phi) is 7.16. The molecular weight excluding hydrogens is 468 g/mol. The van der Waals surface area contributed by atoms with Crippen molar-refractivity contribution < 1.29 is 9.59 Å². The summed E-state index contributed by atoms with van der Waals surface area (Å²) in [6, 6.07) is 19.2. The quantitative estimate of drug-likeness (QED) is 0.375. The van der Waals surface area contributed by atoms with Crippen LogP contribution in [0.15, 0.2) is 66.9 Å². The monoisotopic (exact) mass is 496 g/mol. The SMILES string of the molecule is CC(=O)NCCNc1cc(N2CCN(C(=O)c3cnc4ccccc4n3)CC2)nc(-c2ccccc2)n1. The van der Waals surface area contributed by atoms with E-state index in [2.05, 4.69) is 30.5 Å². The van der Waals surface area contributed by atoms with Crippen LogP contribution >= 0.6 is 0 Å². The first kappa shape index (κ1) is 24.1. The molecule has 10 heteroatoms. The summed E-state index contributed by atoms with van der Waals surface area (Å²) in [7, 11) is 0. The van der Waals surface area contributed by atoms with Gasteiger partial charge in [0.05, 0.1) is 17.2 Å². The lowest BCUT2D eigenvalue weighted by atomic mass is 10.2. The highest BCUT2D eigenvalue weighted by atomic mass is 16.2. The van der Waals surface area contributed by atoms with Crippen LogP contribution in [0.3, 0.4) is 0 Å². The van der Waals surface area contributed by atoms with Crippen molar-refractivity contribution in [3.63, 3.8) is 0 Å². The molecule has 0 saturated carbocycles. The highest BCUT2D eigenvalue weighted by molar-refractivity contribution is 5.94. The normalized spacial score (nSPS) is 13.4. The highest BCUT2D eigenvalue weighted by Gasteiger charge is 2.25. The van der Waals surface area contributed by atoms with Crippen LogP contribution in [0.2, 0.25) is 0 Å². The second-order valence-corrected chi connectivity index (χ2v) is 8.73. The number of rotatable bonds is 7. The van der Waals surface area contributed by atoms with Crippen LogP contribution in [0.5, 0.6) is 0 Å². The molecule has 10 nitrogen and oxygen atoms in total. The summed E-state index contributed by atoms with van der Waals surface area (Å²) in [6.45, 7) is 4.87. The van der Waals surface area contributed by atoms with Crippen molar-refractivity contribution >= 4 is 34.5 Å². The molecule has 0 spiro atoms. The number of nitrogens with zero attached hydrogens (tertiary/aromatic N) is 6. The highest BCUT2D eigenvalue weighted by Crippen LogP contribution is 2.24. The molecule has 0 aliphatic carbocycles. The molecule has 1 fully saturated rings. The molecule has 188 valence electrons. The number of fused-ring (bicyclic) bond motifs is 1. The Labute approximate surface area is 214 Å². The Morgan fingerprint density at radius 3 is 2.35 bits per heavy atom. The molecule has 1 aliphatic heterocycles. The number of carbonyl (C=O) groups is 2. The van der Waals surface area contributed by atoms with Gasteiger partial charge in [0.15, 0.2) is 5.82 Å². The lowest BCUT2D eigenvalue weighted by Gasteiger charge is -2.35. The second kappa shape index (κ2) is 11.0. The van der Waals surface area contributed by atoms with E-state index < -0.39 is 0 Å². The first-order chi connectivity index (χ1) is 18.1. The smallest absolute Gasteiger partial charge is 0.274 e. The molecule has 2 aromatic carbocycles. The molecule has 0 atom stereocenters. The van der Waals surface area contributed by atoms with Gasteiger partial charge in [0.1, 0.15) is 17.3 Å². The third-order valence-electron chi connectivity index (χ3n) is 6.11. The van der Waals surface area contributed by atoms with Crippen LogP contribution in [-0.2, 0) is 4.79 Å². The maximum Gasteiger partial charge on any atom is 0.274 e. The Balaban J connectivity index is 1.30. The number of nitrogens with one attached hydrogen (secondary N) is 2. The third-order valence-corrected chi connectivity index (χ3v) is 6.11. The van der Waals surface area contributed by atoms with E-state index in [1.807, 2.05) is 60.7 Å². The largest absolute Gasteiger partial charge is 0.368 e. The van der Waals surface area contributed by atoms with Gasteiger partial charge < -0.3 is 20.4 Å². The van der Waals surface area contributed by atoms with Crippen molar-refractivity contribution in [3.05, 3.63) is 72.6 Å². The van der Waals surface area contributed by atoms with Crippen LogP contribution in [0, 0.1) is 0 Å². The molecule has 37 heavy (non-hydrogen) atoms. The van der Waals surface area contributed by atoms with Crippen molar-refractivity contribution in [1.82, 2.24) is 30.2 Å². The number of amides is 2. The Hall–Kier alpha value is -4.60. The minimum atomic E-state index is -0.120. The van der Waals surface area contributed by atoms with Crippen molar-refractivity contribution in [2.24, 2.45) is 0 Å². The number of hydrogen-bond donors (Lipinski definition) is 2. The minimum Gasteiger partial charge on any atom is -0.368 e. The van der Waals surface area contributed by atoms with Crippen LogP contribution in [0.4, 0.5) is 11.6 Å². The van der Waals surface area contributed by atoms with Crippen molar-refractivity contribution in [2.75, 3.05) is 49.5 Å². The summed E-state index contributed by atoms with van der Waals surface area (Å²) in [4.78, 5) is 46.6. The zero-order chi connectivity index (χ0) is 25.6. The molecule has 0 unspecified atom stereocenters. The number of piperazine rings is 1. The van der Waals surface area contributed by atoms with Gasteiger partial charge in [-0.05, 0) is 12.1 Å². The first-order valence-electron chi connectivity index (χ1n) is 12.3. The summed E-state index contributed by atoms with van der Waals surface area (Å²) in [6.07, 6.45) is 1.55. The number of benzene rings is 2. The number of anilines is 2. The predicted molar refractivity (Wildman–Crippen MR) is 142 cm³/mol. The maximum atomic E-state index is 13.1. The Bertz CT molecular complexity index is 1400. The topological polar surface area (TPSA) is 116 Å². The molecule has 2 amide bonds. The van der Waals surface area contributed by atoms with Crippen molar-refractivity contribution in [2.45, 2.75) is 6.92 Å². The fourth-order valence-corrected chi connectivity index (χ4v) is 4.19. The van der Waals surface area contributed by atoms with Gasteiger partial charge in [-0.1, -0.05) is 42.5 Å². The third kappa shape index (κ3) is 5.80. The Morgan fingerprint density at radius 2 is 1.59 bits per heavy atom. The molecule has 2 N–H and O–H groups in total. The molecule has 2 aromatic heterocycles. The number of para-hydroxylation sites is 2. The average Bonchev–Trinajstić information content (AvgIpc) is 2.95. The first-order valence-corrected chi connectivity index (χ1v) is 12.3. The molecule has 3 heterocycles. The number of aromatic nitrogens is 4. The summed E-state index contributed by atoms with van der Waals surface area (Å²) >= 11 is 0. The van der Waals surface area contributed by atoms with E-state index in [4.69, 9.17) is 4.98 Å². The van der Waals surface area contributed by atoms with E-state index >= 15 is 0 Å². The van der Waals surface area contributed by atoms with E-state index in [0.29, 0.717) is 62.1 Å². The van der Waals surface area contributed by atoms with Gasteiger partial charge in [0, 0.05) is 57.8 Å². The van der Waals surface area contributed by atoms with Crippen LogP contribution in [-0.4, -0.2) is 75.9 Å². The molecular formula is C27H28N8O2. The molecule has 0 bridgehead atoms. The predicted octanol–water partition coefficient (Wildman–Crippen LogP) is 2.60. The van der Waals surface area contributed by atoms with E-state index in [0.717, 1.165) is 16.9 Å². The average molecular weight is 497 g/mol. The van der Waals surface area contributed by atoms with Crippen molar-refractivity contribution in [3.8, 4) is 11.4 Å². The van der Waals surface area contributed by atoms with Crippen LogP contribution < -0.4 is 15.5 Å². The summed E-state index contributed by atoms with van der Waals surface area (Å²) in [5.74, 6) is 1.89. The maximum absolute atomic E-state index is 13.1. The summed E-state index contributed by atoms with van der Waals surface area (Å²) in [5.41, 5.74) is 2.74. The van der Waals surface area contributed by atoms with Gasteiger partial charge in [0.25, 0.3) is 5.91 Å². The van der Waals surface area contributed by atoms with Crippen LogP contribution in [0.1, 0.15) is 17.4 Å². The van der Waals surface area contributed by atoms with Gasteiger partial charge >= 0.3 is 0 Å². The molecule has 4 aromatic rings. The lowest BCUT2D eigenvalue weighted by molar-refractivity contribution is -0.118. The van der Waals surface area contributed by atoms with E-state index in [1.165, 1.54) is 6.92 Å². The Morgan fingerprint density at radius 1 is 0.865 bits per heavy atom. The molecule has 5 rings (SSSR count). The second-order valence-electron chi connectivity index (χ2n) is 8.73. The summed E-state index contributed by atoms with van der Waals surface area (Å²) < 4.78 is 0. The van der Waals surface area contributed by atoms with Gasteiger partial charge in [0.2, 0.25) is 5.91 Å². The van der Waals surface area contributed by atoms with Crippen molar-refractivity contribution in [1.29, 1.82) is 0 Å². The standard InChI is InChI=1S/C27H28N8O2/c1-19(36)28-11-12-29-24-17-25(33-26(32-24)20-7-3-2-4-8-20)34-13-15-35(16-14-34)27(37)23-18-30-21-9-5-6-10-22(21)31-23/h2-10,17-18H,11-16H2,1H3,(H,28,36)(H,29,32,33). The van der Waals surface area contributed by atoms with E-state index in [-0.39, 0.29) is 11.8 Å². The fraction of sp³-hybridized carbons (Fsp3) is 0.259. The van der Waals surface area contributed by atoms with Gasteiger partial charge in [-0.15, -0.1) is 0 Å². The molecule has 0 radical (unpaired) electrons. The number of hydrogen-bond acceptors (Lipinski definition) is 8. The van der Waals surface area contributed by atoms with Gasteiger partial charge in [-0.25, -0.2) is 15.0 Å². The van der Waals surface area contributed by atoms with Crippen LogP contribution in [0.25, 0.3) is 22.4 Å². The van der Waals surface area contributed by atoms with E-state index in [1.54, 1.807) is 11.1 Å². The van der Waals surface area contributed by atoms with Gasteiger partial charge in [-0.2, -0.15) is 0 Å². The zero-order valence-electron chi connectivity index (χ0n) is 20.6. The molecule has 1 aliphatic rings. The number of carbonyl (C=O) groups excluding carboxylic acids is 2. The molecule has 1 saturated heterocycles. The minimum absolute atomic E-state index is 0.0720. The van der Waals surface area contributed by atoms with E-state index in [9.17, 15) is 9.59 Å². The zero-order valence-corrected chi connectivity index (χ0v) is 20.6. The van der Waals surface area contributed by atoms with Gasteiger partial charge in [-0.3, -0.25) is 14.6 Å².